The van der Waals surface area contributed by atoms with E-state index in [4.69, 9.17) is 18.6 Å². The summed E-state index contributed by atoms with van der Waals surface area (Å²) in [6.07, 6.45) is 0.732. The largest absolute Gasteiger partial charge is 0.508 e. The van der Waals surface area contributed by atoms with Gasteiger partial charge in [-0.15, -0.1) is 12.4 Å². The smallest absolute Gasteiger partial charge is 0.336 e. The lowest BCUT2D eigenvalue weighted by molar-refractivity contribution is 0.0899. The van der Waals surface area contributed by atoms with Gasteiger partial charge in [0.2, 0.25) is 0 Å². The van der Waals surface area contributed by atoms with Crippen molar-refractivity contribution in [1.82, 2.24) is 5.32 Å². The van der Waals surface area contributed by atoms with Crippen molar-refractivity contribution in [2.75, 3.05) is 26.3 Å². The summed E-state index contributed by atoms with van der Waals surface area (Å²) in [5.74, 6) is 2.04. The topological polar surface area (TPSA) is 90.2 Å². The van der Waals surface area contributed by atoms with Crippen molar-refractivity contribution in [1.29, 1.82) is 0 Å². The second kappa shape index (κ2) is 9.54. The molecule has 0 spiro atoms. The number of rotatable bonds is 7. The number of halogens is 1. The zero-order chi connectivity index (χ0) is 19.3. The molecule has 0 bridgehead atoms. The van der Waals surface area contributed by atoms with Gasteiger partial charge in [0.25, 0.3) is 0 Å². The third-order valence-electron chi connectivity index (χ3n) is 4.38. The first kappa shape index (κ1) is 20.8. The Morgan fingerprint density at radius 1 is 1.10 bits per heavy atom. The van der Waals surface area contributed by atoms with E-state index in [1.54, 1.807) is 30.3 Å². The van der Waals surface area contributed by atoms with Gasteiger partial charge in [0, 0.05) is 30.1 Å². The number of benzene rings is 2. The lowest BCUT2D eigenvalue weighted by Crippen LogP contribution is -2.39. The summed E-state index contributed by atoms with van der Waals surface area (Å²) < 4.78 is 22.3. The van der Waals surface area contributed by atoms with E-state index in [0.29, 0.717) is 42.6 Å². The van der Waals surface area contributed by atoms with Crippen molar-refractivity contribution >= 4 is 23.4 Å². The molecule has 2 aromatic carbocycles. The first-order valence-electron chi connectivity index (χ1n) is 9.17. The Balaban J connectivity index is 0.00000240. The minimum atomic E-state index is -0.373. The van der Waals surface area contributed by atoms with Gasteiger partial charge in [-0.05, 0) is 43.3 Å². The molecular weight excluding hydrogens is 398 g/mol. The van der Waals surface area contributed by atoms with Crippen LogP contribution >= 0.6 is 12.4 Å². The molecule has 0 radical (unpaired) electrons. The molecule has 1 aromatic heterocycles. The molecule has 2 heterocycles. The molecule has 1 atom stereocenters. The SMILES string of the molecule is Cl.O=c1ccc2ccc(OCCCNCC3COc4cc(O)ccc4O3)cc2o1. The standard InChI is InChI=1S/C21H21NO6.ClH/c23-15-4-6-18-20(10-15)26-13-17(27-18)12-22-8-1-9-25-16-5-2-14-3-7-21(24)28-19(14)11-16;/h2-7,10-11,17,22-23H,1,8-9,12-13H2;1H. The van der Waals surface area contributed by atoms with Gasteiger partial charge in [-0.25, -0.2) is 4.79 Å². The average molecular weight is 420 g/mol. The van der Waals surface area contributed by atoms with Gasteiger partial charge in [0.1, 0.15) is 29.8 Å². The molecule has 1 aliphatic heterocycles. The highest BCUT2D eigenvalue weighted by atomic mass is 35.5. The highest BCUT2D eigenvalue weighted by Gasteiger charge is 2.20. The highest BCUT2D eigenvalue weighted by Crippen LogP contribution is 2.34. The monoisotopic (exact) mass is 419 g/mol. The lowest BCUT2D eigenvalue weighted by Gasteiger charge is -2.26. The number of fused-ring (bicyclic) bond motifs is 2. The van der Waals surface area contributed by atoms with E-state index in [-0.39, 0.29) is 29.9 Å². The fourth-order valence-corrected chi connectivity index (χ4v) is 2.98. The number of nitrogens with one attached hydrogen (secondary N) is 1. The van der Waals surface area contributed by atoms with E-state index in [1.165, 1.54) is 6.07 Å². The number of phenolic OH excluding ortho intramolecular Hbond substituents is 1. The predicted molar refractivity (Wildman–Crippen MR) is 111 cm³/mol. The molecule has 0 fully saturated rings. The van der Waals surface area contributed by atoms with E-state index >= 15 is 0 Å². The number of phenols is 1. The normalized spacial score (nSPS) is 15.0. The molecular formula is C21H22ClNO6. The Morgan fingerprint density at radius 3 is 2.86 bits per heavy atom. The number of ether oxygens (including phenoxy) is 3. The first-order valence-corrected chi connectivity index (χ1v) is 9.17. The van der Waals surface area contributed by atoms with Crippen molar-refractivity contribution in [2.45, 2.75) is 12.5 Å². The summed E-state index contributed by atoms with van der Waals surface area (Å²) in [4.78, 5) is 11.3. The molecule has 0 saturated carbocycles. The van der Waals surface area contributed by atoms with E-state index in [1.807, 2.05) is 12.1 Å². The van der Waals surface area contributed by atoms with E-state index in [2.05, 4.69) is 5.32 Å². The van der Waals surface area contributed by atoms with Crippen molar-refractivity contribution in [3.63, 3.8) is 0 Å². The molecule has 2 N–H and O–H groups in total. The van der Waals surface area contributed by atoms with Crippen LogP contribution in [0.3, 0.4) is 0 Å². The number of hydrogen-bond donors (Lipinski definition) is 2. The van der Waals surface area contributed by atoms with E-state index < -0.39 is 0 Å². The van der Waals surface area contributed by atoms with Crippen LogP contribution in [0.25, 0.3) is 11.0 Å². The van der Waals surface area contributed by atoms with Crippen LogP contribution in [0.2, 0.25) is 0 Å². The molecule has 0 saturated heterocycles. The number of aromatic hydroxyl groups is 1. The molecule has 0 aliphatic carbocycles. The quantitative estimate of drug-likeness (QED) is 0.449. The zero-order valence-electron chi connectivity index (χ0n) is 15.6. The van der Waals surface area contributed by atoms with Gasteiger partial charge >= 0.3 is 5.63 Å². The maximum Gasteiger partial charge on any atom is 0.336 e. The second-order valence-electron chi connectivity index (χ2n) is 6.54. The molecule has 8 heteroatoms. The van der Waals surface area contributed by atoms with Gasteiger partial charge in [-0.3, -0.25) is 0 Å². The Kier molecular flexibility index (Phi) is 6.85. The van der Waals surface area contributed by atoms with Crippen molar-refractivity contribution in [2.24, 2.45) is 0 Å². The minimum Gasteiger partial charge on any atom is -0.508 e. The Morgan fingerprint density at radius 2 is 1.97 bits per heavy atom. The van der Waals surface area contributed by atoms with E-state index in [9.17, 15) is 9.90 Å². The van der Waals surface area contributed by atoms with Gasteiger partial charge in [0.15, 0.2) is 11.5 Å². The van der Waals surface area contributed by atoms with Crippen LogP contribution in [0.15, 0.2) is 57.7 Å². The second-order valence-corrected chi connectivity index (χ2v) is 6.54. The summed E-state index contributed by atoms with van der Waals surface area (Å²) in [6, 6.07) is 13.4. The highest BCUT2D eigenvalue weighted by molar-refractivity contribution is 5.85. The van der Waals surface area contributed by atoms with Crippen LogP contribution in [0.4, 0.5) is 0 Å². The molecule has 3 aromatic rings. The van der Waals surface area contributed by atoms with Crippen LogP contribution < -0.4 is 25.2 Å². The Labute approximate surface area is 173 Å². The lowest BCUT2D eigenvalue weighted by atomic mass is 10.2. The molecule has 154 valence electrons. The fourth-order valence-electron chi connectivity index (χ4n) is 2.98. The van der Waals surface area contributed by atoms with Crippen LogP contribution in [-0.4, -0.2) is 37.5 Å². The van der Waals surface area contributed by atoms with Gasteiger partial charge < -0.3 is 29.1 Å². The molecule has 1 aliphatic rings. The van der Waals surface area contributed by atoms with Gasteiger partial charge in [-0.1, -0.05) is 0 Å². The van der Waals surface area contributed by atoms with Crippen molar-refractivity contribution in [3.8, 4) is 23.0 Å². The molecule has 29 heavy (non-hydrogen) atoms. The van der Waals surface area contributed by atoms with Crippen molar-refractivity contribution in [3.05, 3.63) is 59.0 Å². The minimum absolute atomic E-state index is 0. The fraction of sp³-hybridized carbons (Fsp3) is 0.286. The predicted octanol–water partition coefficient (Wildman–Crippen LogP) is 3.12. The summed E-state index contributed by atoms with van der Waals surface area (Å²) in [6.45, 7) is 2.40. The third-order valence-corrected chi connectivity index (χ3v) is 4.38. The van der Waals surface area contributed by atoms with Crippen LogP contribution in [-0.2, 0) is 0 Å². The molecule has 4 rings (SSSR count). The maximum atomic E-state index is 11.3. The van der Waals surface area contributed by atoms with Crippen LogP contribution in [0.1, 0.15) is 6.42 Å². The van der Waals surface area contributed by atoms with Gasteiger partial charge in [-0.2, -0.15) is 0 Å². The van der Waals surface area contributed by atoms with Crippen LogP contribution in [0.5, 0.6) is 23.0 Å². The Hall–Kier alpha value is -2.90. The maximum absolute atomic E-state index is 11.3. The third kappa shape index (κ3) is 5.34. The molecule has 0 amide bonds. The molecule has 7 nitrogen and oxygen atoms in total. The van der Waals surface area contributed by atoms with Gasteiger partial charge in [0.05, 0.1) is 6.61 Å². The summed E-state index contributed by atoms with van der Waals surface area (Å²) in [5, 5.41) is 13.6. The van der Waals surface area contributed by atoms with Crippen molar-refractivity contribution < 1.29 is 23.7 Å². The molecule has 1 unspecified atom stereocenters. The summed E-state index contributed by atoms with van der Waals surface area (Å²) in [5.41, 5.74) is 0.147. The first-order chi connectivity index (χ1) is 13.7. The summed E-state index contributed by atoms with van der Waals surface area (Å²) >= 11 is 0. The Bertz CT molecular complexity index is 1020. The number of hydrogen-bond acceptors (Lipinski definition) is 7. The zero-order valence-corrected chi connectivity index (χ0v) is 16.4. The van der Waals surface area contributed by atoms with Crippen LogP contribution in [0, 0.1) is 0 Å². The average Bonchev–Trinajstić information content (AvgIpc) is 2.70. The summed E-state index contributed by atoms with van der Waals surface area (Å²) in [7, 11) is 0. The van der Waals surface area contributed by atoms with E-state index in [0.717, 1.165) is 18.4 Å².